The summed E-state index contributed by atoms with van der Waals surface area (Å²) in [5, 5.41) is 13.0. The summed E-state index contributed by atoms with van der Waals surface area (Å²) in [5.74, 6) is 0.568. The van der Waals surface area contributed by atoms with E-state index in [2.05, 4.69) is 20.2 Å². The maximum Gasteiger partial charge on any atom is 0.249 e. The number of aliphatic hydroxyl groups is 1. The fraction of sp³-hybridized carbons (Fsp3) is 0.667. The lowest BCUT2D eigenvalue weighted by atomic mass is 9.91. The molecule has 21 heavy (non-hydrogen) atoms. The predicted molar refractivity (Wildman–Crippen MR) is 78.9 cm³/mol. The molecule has 1 aromatic heterocycles. The number of rotatable bonds is 4. The number of nitrogens with one attached hydrogen (secondary N) is 1. The Kier molecular flexibility index (Phi) is 4.05. The molecule has 6 nitrogen and oxygen atoms in total. The van der Waals surface area contributed by atoms with E-state index in [9.17, 15) is 9.90 Å². The van der Waals surface area contributed by atoms with E-state index >= 15 is 0 Å². The smallest absolute Gasteiger partial charge is 0.249 e. The maximum atomic E-state index is 11.9. The molecule has 0 spiro atoms. The van der Waals surface area contributed by atoms with Crippen LogP contribution < -0.4 is 10.2 Å². The summed E-state index contributed by atoms with van der Waals surface area (Å²) >= 11 is 0. The highest BCUT2D eigenvalue weighted by molar-refractivity contribution is 5.81. The van der Waals surface area contributed by atoms with Gasteiger partial charge in [0.25, 0.3) is 0 Å². The molecular weight excluding hydrogens is 268 g/mol. The van der Waals surface area contributed by atoms with Crippen molar-refractivity contribution >= 4 is 11.9 Å². The van der Waals surface area contributed by atoms with Gasteiger partial charge in [0.05, 0.1) is 0 Å². The molecule has 1 amide bonds. The number of hydrogen-bond donors (Lipinski definition) is 2. The average Bonchev–Trinajstić information content (AvgIpc) is 3.30. The molecule has 1 saturated carbocycles. The second kappa shape index (κ2) is 5.97. The number of hydrogen-bond acceptors (Lipinski definition) is 5. The van der Waals surface area contributed by atoms with Crippen molar-refractivity contribution in [2.45, 2.75) is 44.8 Å². The first kappa shape index (κ1) is 14.3. The van der Waals surface area contributed by atoms with E-state index in [0.29, 0.717) is 6.04 Å². The van der Waals surface area contributed by atoms with Crippen LogP contribution in [0.5, 0.6) is 0 Å². The lowest BCUT2D eigenvalue weighted by Gasteiger charge is -2.33. The number of aromatic nitrogens is 2. The quantitative estimate of drug-likeness (QED) is 0.851. The first-order chi connectivity index (χ1) is 10.1. The molecule has 1 aliphatic heterocycles. The summed E-state index contributed by atoms with van der Waals surface area (Å²) in [6, 6.07) is 2.18. The molecule has 0 radical (unpaired) electrons. The van der Waals surface area contributed by atoms with Gasteiger partial charge >= 0.3 is 0 Å². The Hall–Kier alpha value is -1.69. The van der Waals surface area contributed by atoms with Crippen LogP contribution in [0, 0.1) is 12.8 Å². The van der Waals surface area contributed by atoms with E-state index in [1.165, 1.54) is 0 Å². The third-order valence-electron chi connectivity index (χ3n) is 4.24. The fourth-order valence-electron chi connectivity index (χ4n) is 2.73. The number of amides is 1. The summed E-state index contributed by atoms with van der Waals surface area (Å²) in [6.45, 7) is 3.51. The Labute approximate surface area is 124 Å². The van der Waals surface area contributed by atoms with Gasteiger partial charge in [-0.25, -0.2) is 9.97 Å². The molecule has 2 fully saturated rings. The number of aliphatic hydroxyl groups excluding tert-OH is 1. The minimum atomic E-state index is -0.883. The molecule has 1 saturated heterocycles. The minimum absolute atomic E-state index is 0.0322. The Morgan fingerprint density at radius 3 is 2.71 bits per heavy atom. The molecule has 2 N–H and O–H groups in total. The first-order valence-electron chi connectivity index (χ1n) is 7.66. The number of anilines is 1. The summed E-state index contributed by atoms with van der Waals surface area (Å²) in [7, 11) is 0. The summed E-state index contributed by atoms with van der Waals surface area (Å²) < 4.78 is 0. The SMILES string of the molecule is Cc1ccnc(N2CCC([C@@H](O)C(=O)NC3CC3)CC2)n1. The minimum Gasteiger partial charge on any atom is -0.383 e. The summed E-state index contributed by atoms with van der Waals surface area (Å²) in [5.41, 5.74) is 0.950. The number of piperidine rings is 1. The molecule has 114 valence electrons. The molecule has 3 rings (SSSR count). The van der Waals surface area contributed by atoms with E-state index in [-0.39, 0.29) is 11.8 Å². The third kappa shape index (κ3) is 3.50. The van der Waals surface area contributed by atoms with Gasteiger partial charge in [-0.3, -0.25) is 4.79 Å². The van der Waals surface area contributed by atoms with Gasteiger partial charge in [-0.15, -0.1) is 0 Å². The lowest BCUT2D eigenvalue weighted by molar-refractivity contribution is -0.132. The molecular formula is C15H22N4O2. The Morgan fingerprint density at radius 1 is 1.38 bits per heavy atom. The number of carbonyl (C=O) groups is 1. The zero-order valence-electron chi connectivity index (χ0n) is 12.3. The van der Waals surface area contributed by atoms with E-state index < -0.39 is 6.10 Å². The van der Waals surface area contributed by atoms with Crippen molar-refractivity contribution in [3.05, 3.63) is 18.0 Å². The standard InChI is InChI=1S/C15H22N4O2/c1-10-4-7-16-15(17-10)19-8-5-11(6-9-19)13(20)14(21)18-12-2-3-12/h4,7,11-13,20H,2-3,5-6,8-9H2,1H3,(H,18,21)/t13-/m1/s1. The second-order valence-electron chi connectivity index (χ2n) is 6.05. The van der Waals surface area contributed by atoms with Gasteiger partial charge < -0.3 is 15.3 Å². The van der Waals surface area contributed by atoms with Crippen LogP contribution in [-0.2, 0) is 4.79 Å². The van der Waals surface area contributed by atoms with Crippen LogP contribution in [0.25, 0.3) is 0 Å². The second-order valence-corrected chi connectivity index (χ2v) is 6.05. The highest BCUT2D eigenvalue weighted by Crippen LogP contribution is 2.25. The van der Waals surface area contributed by atoms with Crippen molar-refractivity contribution in [3.8, 4) is 0 Å². The van der Waals surface area contributed by atoms with Crippen LogP contribution in [0.3, 0.4) is 0 Å². The Morgan fingerprint density at radius 2 is 2.10 bits per heavy atom. The molecule has 2 heterocycles. The zero-order valence-corrected chi connectivity index (χ0v) is 12.3. The molecule has 2 aliphatic rings. The van der Waals surface area contributed by atoms with Crippen molar-refractivity contribution in [1.82, 2.24) is 15.3 Å². The van der Waals surface area contributed by atoms with Crippen LogP contribution in [0.15, 0.2) is 12.3 Å². The molecule has 0 aromatic carbocycles. The Balaban J connectivity index is 1.53. The van der Waals surface area contributed by atoms with Crippen LogP contribution in [0.4, 0.5) is 5.95 Å². The van der Waals surface area contributed by atoms with Crippen LogP contribution in [0.2, 0.25) is 0 Å². The third-order valence-corrected chi connectivity index (χ3v) is 4.24. The predicted octanol–water partition coefficient (Wildman–Crippen LogP) is 0.641. The maximum absolute atomic E-state index is 11.9. The Bertz CT molecular complexity index is 510. The summed E-state index contributed by atoms with van der Waals surface area (Å²) in [6.07, 6.45) is 4.55. The van der Waals surface area contributed by atoms with Gasteiger partial charge in [0.1, 0.15) is 6.10 Å². The number of carbonyl (C=O) groups excluding carboxylic acids is 1. The normalized spacial score (nSPS) is 21.1. The average molecular weight is 290 g/mol. The van der Waals surface area contributed by atoms with E-state index in [1.807, 2.05) is 13.0 Å². The number of aryl methyl sites for hydroxylation is 1. The largest absolute Gasteiger partial charge is 0.383 e. The van der Waals surface area contributed by atoms with Crippen LogP contribution in [0.1, 0.15) is 31.4 Å². The molecule has 0 unspecified atom stereocenters. The fourth-order valence-corrected chi connectivity index (χ4v) is 2.73. The van der Waals surface area contributed by atoms with Crippen molar-refractivity contribution < 1.29 is 9.90 Å². The zero-order chi connectivity index (χ0) is 14.8. The van der Waals surface area contributed by atoms with Gasteiger partial charge in [-0.1, -0.05) is 0 Å². The van der Waals surface area contributed by atoms with Crippen molar-refractivity contribution in [2.24, 2.45) is 5.92 Å². The van der Waals surface area contributed by atoms with Gasteiger partial charge in [-0.2, -0.15) is 0 Å². The topological polar surface area (TPSA) is 78.3 Å². The highest BCUT2D eigenvalue weighted by atomic mass is 16.3. The van der Waals surface area contributed by atoms with Gasteiger partial charge in [0.2, 0.25) is 11.9 Å². The molecule has 1 aliphatic carbocycles. The van der Waals surface area contributed by atoms with Crippen molar-refractivity contribution in [2.75, 3.05) is 18.0 Å². The molecule has 0 bridgehead atoms. The van der Waals surface area contributed by atoms with Gasteiger partial charge in [0, 0.05) is 31.0 Å². The highest BCUT2D eigenvalue weighted by Gasteiger charge is 2.33. The summed E-state index contributed by atoms with van der Waals surface area (Å²) in [4.78, 5) is 22.7. The first-order valence-corrected chi connectivity index (χ1v) is 7.66. The number of nitrogens with zero attached hydrogens (tertiary/aromatic N) is 3. The van der Waals surface area contributed by atoms with Gasteiger partial charge in [0.15, 0.2) is 0 Å². The van der Waals surface area contributed by atoms with Crippen LogP contribution >= 0.6 is 0 Å². The van der Waals surface area contributed by atoms with Crippen molar-refractivity contribution in [3.63, 3.8) is 0 Å². The monoisotopic (exact) mass is 290 g/mol. The van der Waals surface area contributed by atoms with Crippen molar-refractivity contribution in [1.29, 1.82) is 0 Å². The van der Waals surface area contributed by atoms with E-state index in [1.54, 1.807) is 6.20 Å². The molecule has 1 aromatic rings. The van der Waals surface area contributed by atoms with Crippen LogP contribution in [-0.4, -0.2) is 46.2 Å². The van der Waals surface area contributed by atoms with E-state index in [0.717, 1.165) is 50.4 Å². The van der Waals surface area contributed by atoms with Gasteiger partial charge in [-0.05, 0) is 44.6 Å². The molecule has 6 heteroatoms. The van der Waals surface area contributed by atoms with E-state index in [4.69, 9.17) is 0 Å². The molecule has 1 atom stereocenters. The lowest BCUT2D eigenvalue weighted by Crippen LogP contribution is -2.45.